The minimum Gasteiger partial charge on any atom is -0.382 e. The molecule has 17 heavy (non-hydrogen) atoms. The summed E-state index contributed by atoms with van der Waals surface area (Å²) in [5.74, 6) is -0.240. The summed E-state index contributed by atoms with van der Waals surface area (Å²) in [6.45, 7) is 2.32. The van der Waals surface area contributed by atoms with Crippen molar-refractivity contribution in [2.75, 3.05) is 12.3 Å². The number of nitrogens with two attached hydrogens (primary N) is 1. The molecule has 3 N–H and O–H groups in total. The molecule has 1 aliphatic rings. The van der Waals surface area contributed by atoms with Gasteiger partial charge < -0.3 is 5.73 Å². The maximum atomic E-state index is 11.4. The zero-order valence-electron chi connectivity index (χ0n) is 9.38. The summed E-state index contributed by atoms with van der Waals surface area (Å²) in [6, 6.07) is -0.355. The standard InChI is InChI=1S/C10H13N5O2/c1-6-10(17)14-9(16)5-15(6)4-7-2-13-8(11)3-12-7/h2-3,6H,4-5H2,1H3,(H2,11,13)(H,14,16,17). The van der Waals surface area contributed by atoms with Gasteiger partial charge in [-0.15, -0.1) is 0 Å². The number of aromatic nitrogens is 2. The molecule has 90 valence electrons. The molecular formula is C10H13N5O2. The quantitative estimate of drug-likeness (QED) is 0.631. The van der Waals surface area contributed by atoms with Crippen molar-refractivity contribution in [3.05, 3.63) is 18.1 Å². The van der Waals surface area contributed by atoms with Crippen LogP contribution >= 0.6 is 0 Å². The number of hydrogen-bond donors (Lipinski definition) is 2. The van der Waals surface area contributed by atoms with Crippen LogP contribution in [0.2, 0.25) is 0 Å². The molecule has 1 aromatic heterocycles. The number of hydrogen-bond acceptors (Lipinski definition) is 6. The summed E-state index contributed by atoms with van der Waals surface area (Å²) in [4.78, 5) is 32.4. The summed E-state index contributed by atoms with van der Waals surface area (Å²) in [6.07, 6.45) is 2.99. The molecular weight excluding hydrogens is 222 g/mol. The van der Waals surface area contributed by atoms with E-state index in [0.717, 1.165) is 0 Å². The maximum absolute atomic E-state index is 11.4. The molecule has 0 aromatic carbocycles. The predicted octanol–water partition coefficient (Wildman–Crippen LogP) is -1.09. The number of nitrogens with zero attached hydrogens (tertiary/aromatic N) is 3. The van der Waals surface area contributed by atoms with Crippen LogP contribution in [0, 0.1) is 0 Å². The summed E-state index contributed by atoms with van der Waals surface area (Å²) < 4.78 is 0. The average Bonchev–Trinajstić information content (AvgIpc) is 2.28. The van der Waals surface area contributed by atoms with Crippen molar-refractivity contribution in [1.82, 2.24) is 20.2 Å². The third-order valence-electron chi connectivity index (χ3n) is 2.63. The second-order valence-corrected chi connectivity index (χ2v) is 3.93. The van der Waals surface area contributed by atoms with Crippen LogP contribution in [-0.4, -0.2) is 39.3 Å². The lowest BCUT2D eigenvalue weighted by Crippen LogP contribution is -2.56. The largest absolute Gasteiger partial charge is 0.382 e. The Morgan fingerprint density at radius 2 is 2.24 bits per heavy atom. The van der Waals surface area contributed by atoms with Crippen molar-refractivity contribution in [3.63, 3.8) is 0 Å². The van der Waals surface area contributed by atoms with Crippen molar-refractivity contribution in [2.45, 2.75) is 19.5 Å². The van der Waals surface area contributed by atoms with Gasteiger partial charge in [0.15, 0.2) is 0 Å². The molecule has 0 radical (unpaired) electrons. The van der Waals surface area contributed by atoms with Crippen molar-refractivity contribution in [3.8, 4) is 0 Å². The van der Waals surface area contributed by atoms with E-state index >= 15 is 0 Å². The number of imide groups is 1. The Labute approximate surface area is 98.0 Å². The summed E-state index contributed by atoms with van der Waals surface area (Å²) in [5.41, 5.74) is 6.10. The van der Waals surface area contributed by atoms with Gasteiger partial charge in [-0.2, -0.15) is 0 Å². The number of nitrogen functional groups attached to an aromatic ring is 1. The van der Waals surface area contributed by atoms with Crippen LogP contribution in [0.1, 0.15) is 12.6 Å². The van der Waals surface area contributed by atoms with E-state index in [0.29, 0.717) is 18.1 Å². The minimum absolute atomic E-state index is 0.180. The SMILES string of the molecule is CC1C(=O)NC(=O)CN1Cc1cnc(N)cn1. The van der Waals surface area contributed by atoms with Gasteiger partial charge >= 0.3 is 0 Å². The lowest BCUT2D eigenvalue weighted by molar-refractivity contribution is -0.139. The van der Waals surface area contributed by atoms with Gasteiger partial charge in [0.2, 0.25) is 11.8 Å². The van der Waals surface area contributed by atoms with Gasteiger partial charge in [-0.3, -0.25) is 24.8 Å². The van der Waals surface area contributed by atoms with Crippen LogP contribution in [0.4, 0.5) is 5.82 Å². The van der Waals surface area contributed by atoms with Crippen LogP contribution in [0.5, 0.6) is 0 Å². The van der Waals surface area contributed by atoms with Gasteiger partial charge in [-0.1, -0.05) is 0 Å². The number of piperazine rings is 1. The van der Waals surface area contributed by atoms with Crippen LogP contribution in [0.15, 0.2) is 12.4 Å². The van der Waals surface area contributed by atoms with E-state index in [-0.39, 0.29) is 24.4 Å². The second-order valence-electron chi connectivity index (χ2n) is 3.93. The molecule has 1 saturated heterocycles. The zero-order valence-corrected chi connectivity index (χ0v) is 9.38. The van der Waals surface area contributed by atoms with E-state index in [9.17, 15) is 9.59 Å². The number of anilines is 1. The monoisotopic (exact) mass is 235 g/mol. The molecule has 0 bridgehead atoms. The van der Waals surface area contributed by atoms with Crippen LogP contribution in [-0.2, 0) is 16.1 Å². The highest BCUT2D eigenvalue weighted by molar-refractivity contribution is 6.00. The smallest absolute Gasteiger partial charge is 0.243 e. The lowest BCUT2D eigenvalue weighted by Gasteiger charge is -2.30. The number of amides is 2. The van der Waals surface area contributed by atoms with E-state index in [1.165, 1.54) is 6.20 Å². The van der Waals surface area contributed by atoms with Crippen molar-refractivity contribution >= 4 is 17.6 Å². The molecule has 7 nitrogen and oxygen atoms in total. The summed E-state index contributed by atoms with van der Waals surface area (Å²) in [5, 5.41) is 2.28. The normalized spacial score (nSPS) is 21.4. The number of rotatable bonds is 2. The fraction of sp³-hybridized carbons (Fsp3) is 0.400. The van der Waals surface area contributed by atoms with Gasteiger partial charge in [0.25, 0.3) is 0 Å². The molecule has 7 heteroatoms. The summed E-state index contributed by atoms with van der Waals surface area (Å²) in [7, 11) is 0. The lowest BCUT2D eigenvalue weighted by atomic mass is 10.2. The van der Waals surface area contributed by atoms with E-state index in [1.807, 2.05) is 0 Å². The second kappa shape index (κ2) is 4.46. The fourth-order valence-electron chi connectivity index (χ4n) is 1.62. The molecule has 1 atom stereocenters. The highest BCUT2D eigenvalue weighted by Gasteiger charge is 2.30. The van der Waals surface area contributed by atoms with Crippen molar-refractivity contribution in [2.24, 2.45) is 0 Å². The number of carbonyl (C=O) groups is 2. The molecule has 0 aliphatic carbocycles. The Balaban J connectivity index is 2.09. The number of carbonyl (C=O) groups excluding carboxylic acids is 2. The van der Waals surface area contributed by atoms with Crippen molar-refractivity contribution < 1.29 is 9.59 Å². The number of nitrogens with one attached hydrogen (secondary N) is 1. The average molecular weight is 235 g/mol. The molecule has 1 unspecified atom stereocenters. The first kappa shape index (κ1) is 11.5. The zero-order chi connectivity index (χ0) is 12.4. The highest BCUT2D eigenvalue weighted by atomic mass is 16.2. The first-order valence-electron chi connectivity index (χ1n) is 5.20. The maximum Gasteiger partial charge on any atom is 0.243 e. The van der Waals surface area contributed by atoms with Crippen LogP contribution in [0.25, 0.3) is 0 Å². The summed E-state index contributed by atoms with van der Waals surface area (Å²) >= 11 is 0. The van der Waals surface area contributed by atoms with Crippen LogP contribution < -0.4 is 11.1 Å². The molecule has 2 heterocycles. The molecule has 1 aromatic rings. The van der Waals surface area contributed by atoms with E-state index in [2.05, 4.69) is 15.3 Å². The Morgan fingerprint density at radius 1 is 1.47 bits per heavy atom. The van der Waals surface area contributed by atoms with Gasteiger partial charge in [-0.05, 0) is 6.92 Å². The minimum atomic E-state index is -0.355. The van der Waals surface area contributed by atoms with Gasteiger partial charge in [0.05, 0.1) is 30.7 Å². The highest BCUT2D eigenvalue weighted by Crippen LogP contribution is 2.09. The van der Waals surface area contributed by atoms with E-state index in [4.69, 9.17) is 5.73 Å². The van der Waals surface area contributed by atoms with Crippen LogP contribution in [0.3, 0.4) is 0 Å². The Morgan fingerprint density at radius 3 is 2.88 bits per heavy atom. The molecule has 1 aliphatic heterocycles. The predicted molar refractivity (Wildman–Crippen MR) is 59.5 cm³/mol. The third kappa shape index (κ3) is 2.56. The Hall–Kier alpha value is -2.02. The van der Waals surface area contributed by atoms with Gasteiger partial charge in [0.1, 0.15) is 5.82 Å². The van der Waals surface area contributed by atoms with Gasteiger partial charge in [-0.25, -0.2) is 4.98 Å². The van der Waals surface area contributed by atoms with Crippen molar-refractivity contribution in [1.29, 1.82) is 0 Å². The van der Waals surface area contributed by atoms with E-state index in [1.54, 1.807) is 18.0 Å². The molecule has 0 spiro atoms. The fourth-order valence-corrected chi connectivity index (χ4v) is 1.62. The molecule has 0 saturated carbocycles. The third-order valence-corrected chi connectivity index (χ3v) is 2.63. The first-order chi connectivity index (χ1) is 8.06. The van der Waals surface area contributed by atoms with Gasteiger partial charge in [0, 0.05) is 6.54 Å². The molecule has 1 fully saturated rings. The van der Waals surface area contributed by atoms with E-state index < -0.39 is 0 Å². The Kier molecular flexibility index (Phi) is 3.01. The molecule has 2 amide bonds. The topological polar surface area (TPSA) is 101 Å². The first-order valence-corrected chi connectivity index (χ1v) is 5.20. The Bertz CT molecular complexity index is 445. The molecule has 2 rings (SSSR count).